The first kappa shape index (κ1) is 15.1. The molecule has 1 aliphatic rings. The third kappa shape index (κ3) is 2.76. The fourth-order valence-corrected chi connectivity index (χ4v) is 2.03. The van der Waals surface area contributed by atoms with Gasteiger partial charge >= 0.3 is 11.9 Å². The highest BCUT2D eigenvalue weighted by molar-refractivity contribution is 6.21. The molecule has 0 aromatic heterocycles. The maximum Gasteiger partial charge on any atom is 0.377 e. The lowest BCUT2D eigenvalue weighted by Gasteiger charge is -2.18. The molecule has 1 aliphatic heterocycles. The molecule has 0 saturated carbocycles. The first-order chi connectivity index (χ1) is 9.88. The Kier molecular flexibility index (Phi) is 4.02. The molecule has 5 nitrogen and oxygen atoms in total. The summed E-state index contributed by atoms with van der Waals surface area (Å²) in [4.78, 5) is 35.7. The molecule has 0 bridgehead atoms. The van der Waals surface area contributed by atoms with Gasteiger partial charge in [0, 0.05) is 13.0 Å². The predicted molar refractivity (Wildman–Crippen MR) is 68.0 cm³/mol. The SMILES string of the molecule is CCOC(=O)C(F)(F)CCN1C(=O)c2ccccc2C1=O. The zero-order valence-corrected chi connectivity index (χ0v) is 11.3. The fourth-order valence-electron chi connectivity index (χ4n) is 2.03. The van der Waals surface area contributed by atoms with Gasteiger partial charge in [-0.25, -0.2) is 4.79 Å². The summed E-state index contributed by atoms with van der Waals surface area (Å²) in [6, 6.07) is 6.08. The maximum atomic E-state index is 13.5. The van der Waals surface area contributed by atoms with Gasteiger partial charge in [-0.15, -0.1) is 0 Å². The van der Waals surface area contributed by atoms with Gasteiger partial charge in [0.25, 0.3) is 11.8 Å². The number of hydrogen-bond donors (Lipinski definition) is 0. The van der Waals surface area contributed by atoms with Crippen LogP contribution in [0.5, 0.6) is 0 Å². The van der Waals surface area contributed by atoms with Crippen LogP contribution >= 0.6 is 0 Å². The van der Waals surface area contributed by atoms with Gasteiger partial charge < -0.3 is 4.74 Å². The van der Waals surface area contributed by atoms with Crippen LogP contribution in [0.4, 0.5) is 8.78 Å². The smallest absolute Gasteiger partial charge is 0.377 e. The minimum atomic E-state index is -3.73. The van der Waals surface area contributed by atoms with Crippen molar-refractivity contribution in [3.8, 4) is 0 Å². The lowest BCUT2D eigenvalue weighted by Crippen LogP contribution is -2.38. The molecule has 0 aliphatic carbocycles. The second-order valence-electron chi connectivity index (χ2n) is 4.48. The quantitative estimate of drug-likeness (QED) is 0.615. The Labute approximate surface area is 119 Å². The highest BCUT2D eigenvalue weighted by Crippen LogP contribution is 2.26. The van der Waals surface area contributed by atoms with E-state index in [2.05, 4.69) is 4.74 Å². The molecule has 0 saturated heterocycles. The number of rotatable bonds is 5. The highest BCUT2D eigenvalue weighted by atomic mass is 19.3. The van der Waals surface area contributed by atoms with E-state index in [1.165, 1.54) is 19.1 Å². The molecular weight excluding hydrogens is 284 g/mol. The first-order valence-electron chi connectivity index (χ1n) is 6.38. The summed E-state index contributed by atoms with van der Waals surface area (Å²) in [5.74, 6) is -6.64. The van der Waals surface area contributed by atoms with Crippen LogP contribution in [0.2, 0.25) is 0 Å². The molecule has 0 spiro atoms. The number of benzene rings is 1. The molecule has 0 fully saturated rings. The number of carbonyl (C=O) groups excluding carboxylic acids is 3. The van der Waals surface area contributed by atoms with Crippen molar-refractivity contribution >= 4 is 17.8 Å². The molecule has 1 aromatic rings. The van der Waals surface area contributed by atoms with Crippen molar-refractivity contribution in [2.75, 3.05) is 13.2 Å². The lowest BCUT2D eigenvalue weighted by atomic mass is 10.1. The Morgan fingerprint density at radius 2 is 1.71 bits per heavy atom. The second-order valence-corrected chi connectivity index (χ2v) is 4.48. The van der Waals surface area contributed by atoms with E-state index in [0.29, 0.717) is 0 Å². The summed E-state index contributed by atoms with van der Waals surface area (Å²) in [5.41, 5.74) is 0.365. The van der Waals surface area contributed by atoms with Crippen LogP contribution in [0.3, 0.4) is 0 Å². The molecule has 2 rings (SSSR count). The van der Waals surface area contributed by atoms with Crippen molar-refractivity contribution in [2.45, 2.75) is 19.3 Å². The average Bonchev–Trinajstić information content (AvgIpc) is 2.70. The van der Waals surface area contributed by atoms with Crippen molar-refractivity contribution in [1.29, 1.82) is 0 Å². The Morgan fingerprint density at radius 1 is 1.19 bits per heavy atom. The standard InChI is InChI=1S/C14H13F2NO4/c1-2-21-13(20)14(15,16)7-8-17-11(18)9-5-3-4-6-10(9)12(17)19/h3-6H,2,7-8H2,1H3. The van der Waals surface area contributed by atoms with Gasteiger partial charge in [0.2, 0.25) is 0 Å². The highest BCUT2D eigenvalue weighted by Gasteiger charge is 2.43. The normalized spacial score (nSPS) is 14.3. The first-order valence-corrected chi connectivity index (χ1v) is 6.38. The number of fused-ring (bicyclic) bond motifs is 1. The van der Waals surface area contributed by atoms with Crippen LogP contribution in [-0.4, -0.2) is 41.8 Å². The van der Waals surface area contributed by atoms with E-state index in [1.807, 2.05) is 0 Å². The molecule has 0 radical (unpaired) electrons. The molecule has 1 aromatic carbocycles. The summed E-state index contributed by atoms with van der Waals surface area (Å²) in [6.45, 7) is 0.706. The summed E-state index contributed by atoms with van der Waals surface area (Å²) in [7, 11) is 0. The van der Waals surface area contributed by atoms with Crippen molar-refractivity contribution < 1.29 is 27.9 Å². The Balaban J connectivity index is 2.07. The van der Waals surface area contributed by atoms with Gasteiger partial charge in [0.15, 0.2) is 0 Å². The molecule has 2 amide bonds. The van der Waals surface area contributed by atoms with Gasteiger partial charge in [-0.05, 0) is 19.1 Å². The lowest BCUT2D eigenvalue weighted by molar-refractivity contribution is -0.172. The summed E-state index contributed by atoms with van der Waals surface area (Å²) in [5, 5.41) is 0. The van der Waals surface area contributed by atoms with Gasteiger partial charge in [-0.3, -0.25) is 14.5 Å². The predicted octanol–water partition coefficient (Wildman–Crippen LogP) is 1.87. The van der Waals surface area contributed by atoms with E-state index in [9.17, 15) is 23.2 Å². The number of esters is 1. The van der Waals surface area contributed by atoms with E-state index in [1.54, 1.807) is 12.1 Å². The third-order valence-corrected chi connectivity index (χ3v) is 3.10. The molecular formula is C14H13F2NO4. The monoisotopic (exact) mass is 297 g/mol. The van der Waals surface area contributed by atoms with Gasteiger partial charge in [-0.1, -0.05) is 12.1 Å². The van der Waals surface area contributed by atoms with Crippen LogP contribution in [0.15, 0.2) is 24.3 Å². The van der Waals surface area contributed by atoms with Gasteiger partial charge in [-0.2, -0.15) is 8.78 Å². The van der Waals surface area contributed by atoms with Crippen LogP contribution in [0.25, 0.3) is 0 Å². The maximum absolute atomic E-state index is 13.5. The summed E-state index contributed by atoms with van der Waals surface area (Å²) < 4.78 is 31.3. The molecule has 7 heteroatoms. The Bertz CT molecular complexity index is 565. The second kappa shape index (κ2) is 5.59. The number of nitrogens with zero attached hydrogens (tertiary/aromatic N) is 1. The van der Waals surface area contributed by atoms with E-state index in [4.69, 9.17) is 0 Å². The molecule has 112 valence electrons. The van der Waals surface area contributed by atoms with Crippen molar-refractivity contribution in [1.82, 2.24) is 4.90 Å². The number of hydrogen-bond acceptors (Lipinski definition) is 4. The molecule has 21 heavy (non-hydrogen) atoms. The zero-order chi connectivity index (χ0) is 15.6. The summed E-state index contributed by atoms with van der Waals surface area (Å²) >= 11 is 0. The molecule has 0 N–H and O–H groups in total. The van der Waals surface area contributed by atoms with Crippen LogP contribution in [0.1, 0.15) is 34.1 Å². The largest absolute Gasteiger partial charge is 0.462 e. The number of amides is 2. The number of alkyl halides is 2. The minimum absolute atomic E-state index is 0.165. The van der Waals surface area contributed by atoms with E-state index < -0.39 is 36.7 Å². The van der Waals surface area contributed by atoms with Crippen LogP contribution in [-0.2, 0) is 9.53 Å². The summed E-state index contributed by atoms with van der Waals surface area (Å²) in [6.07, 6.45) is -0.961. The van der Waals surface area contributed by atoms with Crippen molar-refractivity contribution in [3.05, 3.63) is 35.4 Å². The third-order valence-electron chi connectivity index (χ3n) is 3.10. The number of ether oxygens (including phenoxy) is 1. The van der Waals surface area contributed by atoms with E-state index >= 15 is 0 Å². The molecule has 0 unspecified atom stereocenters. The zero-order valence-electron chi connectivity index (χ0n) is 11.3. The Morgan fingerprint density at radius 3 is 2.19 bits per heavy atom. The number of halogens is 2. The number of carbonyl (C=O) groups is 3. The minimum Gasteiger partial charge on any atom is -0.462 e. The molecule has 1 heterocycles. The van der Waals surface area contributed by atoms with Gasteiger partial charge in [0.05, 0.1) is 17.7 Å². The Hall–Kier alpha value is -2.31. The topological polar surface area (TPSA) is 63.7 Å². The fraction of sp³-hybridized carbons (Fsp3) is 0.357. The van der Waals surface area contributed by atoms with Crippen LogP contribution in [0, 0.1) is 0 Å². The number of imide groups is 1. The van der Waals surface area contributed by atoms with E-state index in [-0.39, 0.29) is 17.7 Å². The van der Waals surface area contributed by atoms with Crippen molar-refractivity contribution in [3.63, 3.8) is 0 Å². The van der Waals surface area contributed by atoms with E-state index in [0.717, 1.165) is 4.90 Å². The van der Waals surface area contributed by atoms with Gasteiger partial charge in [0.1, 0.15) is 0 Å². The van der Waals surface area contributed by atoms with Crippen LogP contribution < -0.4 is 0 Å². The molecule has 0 atom stereocenters. The van der Waals surface area contributed by atoms with Crippen molar-refractivity contribution in [2.24, 2.45) is 0 Å². The average molecular weight is 297 g/mol.